The quantitative estimate of drug-likeness (QED) is 0.475. The van der Waals surface area contributed by atoms with Crippen LogP contribution < -0.4 is 9.80 Å². The summed E-state index contributed by atoms with van der Waals surface area (Å²) < 4.78 is 0. The molecule has 6 nitrogen and oxygen atoms in total. The van der Waals surface area contributed by atoms with Crippen LogP contribution in [0.4, 0.5) is 0 Å². The van der Waals surface area contributed by atoms with E-state index in [1.165, 1.54) is 9.80 Å². The highest BCUT2D eigenvalue weighted by Gasteiger charge is 2.67. The molecular formula is C18H24N6+2. The summed E-state index contributed by atoms with van der Waals surface area (Å²) in [6.07, 6.45) is 3.61. The van der Waals surface area contributed by atoms with E-state index in [4.69, 9.17) is 5.41 Å². The highest BCUT2D eigenvalue weighted by Crippen LogP contribution is 2.59. The van der Waals surface area contributed by atoms with Gasteiger partial charge in [0.1, 0.15) is 5.92 Å². The molecule has 1 saturated carbocycles. The first-order chi connectivity index (χ1) is 11.5. The largest absolute Gasteiger partial charge is 0.337 e. The van der Waals surface area contributed by atoms with Gasteiger partial charge in [-0.25, -0.2) is 0 Å². The molecule has 0 bridgehead atoms. The van der Waals surface area contributed by atoms with Crippen molar-refractivity contribution in [2.45, 2.75) is 12.8 Å². The summed E-state index contributed by atoms with van der Waals surface area (Å²) in [6.45, 7) is 3.48. The Kier molecular flexibility index (Phi) is 3.96. The summed E-state index contributed by atoms with van der Waals surface area (Å²) in [5, 5.41) is 38.3. The first-order valence-corrected chi connectivity index (χ1v) is 8.59. The van der Waals surface area contributed by atoms with Gasteiger partial charge >= 0.3 is 0 Å². The van der Waals surface area contributed by atoms with Crippen LogP contribution in [-0.4, -0.2) is 46.0 Å². The summed E-state index contributed by atoms with van der Waals surface area (Å²) in [4.78, 5) is 2.74. The van der Waals surface area contributed by atoms with E-state index < -0.39 is 16.7 Å². The Bertz CT molecular complexity index is 693. The highest BCUT2D eigenvalue weighted by molar-refractivity contribution is 6.00. The Labute approximate surface area is 143 Å². The molecule has 3 atom stereocenters. The molecule has 1 saturated heterocycles. The smallest absolute Gasteiger partial charge is 0.189 e. The summed E-state index contributed by atoms with van der Waals surface area (Å²) in [6, 6.07) is 6.66. The Morgan fingerprint density at radius 1 is 1.12 bits per heavy atom. The van der Waals surface area contributed by atoms with E-state index in [-0.39, 0.29) is 11.6 Å². The number of quaternary nitrogens is 2. The van der Waals surface area contributed by atoms with Crippen molar-refractivity contribution < 1.29 is 9.80 Å². The van der Waals surface area contributed by atoms with Gasteiger partial charge in [0, 0.05) is 24.2 Å². The monoisotopic (exact) mass is 324 g/mol. The van der Waals surface area contributed by atoms with Crippen molar-refractivity contribution in [3.05, 3.63) is 11.6 Å². The molecule has 0 amide bonds. The average molecular weight is 324 g/mol. The van der Waals surface area contributed by atoms with E-state index in [0.717, 1.165) is 44.6 Å². The van der Waals surface area contributed by atoms with Gasteiger partial charge in [0.25, 0.3) is 0 Å². The average Bonchev–Trinajstić information content (AvgIpc) is 2.59. The minimum Gasteiger partial charge on any atom is -0.337 e. The number of hydrogen-bond acceptors (Lipinski definition) is 4. The van der Waals surface area contributed by atoms with E-state index in [1.807, 2.05) is 0 Å². The molecule has 1 aliphatic carbocycles. The minimum absolute atomic E-state index is 0.0107. The van der Waals surface area contributed by atoms with Crippen molar-refractivity contribution in [3.63, 3.8) is 0 Å². The van der Waals surface area contributed by atoms with E-state index in [0.29, 0.717) is 0 Å². The van der Waals surface area contributed by atoms with Crippen molar-refractivity contribution in [2.24, 2.45) is 22.7 Å². The zero-order valence-electron chi connectivity index (χ0n) is 14.3. The molecule has 3 aliphatic rings. The lowest BCUT2D eigenvalue weighted by Crippen LogP contribution is -3.12. The summed E-state index contributed by atoms with van der Waals surface area (Å²) in [7, 11) is 4.25. The normalized spacial score (nSPS) is 40.6. The fourth-order valence-corrected chi connectivity index (χ4v) is 5.08. The maximum Gasteiger partial charge on any atom is 0.189 e. The number of nitrogens with zero attached hydrogens (tertiary/aromatic N) is 3. The van der Waals surface area contributed by atoms with Gasteiger partial charge in [-0.3, -0.25) is 0 Å². The third kappa shape index (κ3) is 1.96. The van der Waals surface area contributed by atoms with Crippen LogP contribution in [0.2, 0.25) is 0 Å². The minimum atomic E-state index is -1.48. The molecule has 0 aromatic heterocycles. The Morgan fingerprint density at radius 3 is 2.29 bits per heavy atom. The molecule has 2 fully saturated rings. The summed E-state index contributed by atoms with van der Waals surface area (Å²) >= 11 is 0. The summed E-state index contributed by atoms with van der Waals surface area (Å²) in [5.74, 6) is -0.683. The number of likely N-dealkylation sites (N-methyl/N-ethyl adjacent to an activating group) is 1. The maximum absolute atomic E-state index is 10.0. The molecule has 0 radical (unpaired) electrons. The van der Waals surface area contributed by atoms with Crippen molar-refractivity contribution in [2.75, 3.05) is 40.3 Å². The Balaban J connectivity index is 2.23. The number of nitriles is 3. The number of nitrogens with one attached hydrogen (secondary N) is 3. The van der Waals surface area contributed by atoms with Crippen LogP contribution in [-0.2, 0) is 0 Å². The van der Waals surface area contributed by atoms with Gasteiger partial charge in [0.15, 0.2) is 5.41 Å². The van der Waals surface area contributed by atoms with Gasteiger partial charge in [-0.1, -0.05) is 0 Å². The van der Waals surface area contributed by atoms with Crippen molar-refractivity contribution in [1.82, 2.24) is 0 Å². The second-order valence-electron chi connectivity index (χ2n) is 7.68. The predicted molar refractivity (Wildman–Crippen MR) is 87.0 cm³/mol. The number of fused-ring (bicyclic) bond motifs is 2. The van der Waals surface area contributed by atoms with Crippen LogP contribution in [0.1, 0.15) is 12.8 Å². The van der Waals surface area contributed by atoms with Crippen LogP contribution >= 0.6 is 0 Å². The van der Waals surface area contributed by atoms with Gasteiger partial charge in [0.2, 0.25) is 0 Å². The van der Waals surface area contributed by atoms with Crippen LogP contribution in [0, 0.1) is 62.1 Å². The molecule has 0 aromatic carbocycles. The molecule has 3 rings (SSSR count). The fourth-order valence-electron chi connectivity index (χ4n) is 5.08. The van der Waals surface area contributed by atoms with Crippen molar-refractivity contribution >= 4 is 5.71 Å². The number of piperidine rings is 1. The zero-order chi connectivity index (χ0) is 17.5. The fraction of sp³-hybridized carbons (Fsp3) is 0.667. The molecule has 6 heteroatoms. The van der Waals surface area contributed by atoms with E-state index >= 15 is 0 Å². The third-order valence-electron chi connectivity index (χ3n) is 6.54. The van der Waals surface area contributed by atoms with Crippen LogP contribution in [0.15, 0.2) is 11.6 Å². The number of rotatable bonds is 0. The first-order valence-electron chi connectivity index (χ1n) is 8.59. The van der Waals surface area contributed by atoms with Crippen LogP contribution in [0.5, 0.6) is 0 Å². The molecule has 1 unspecified atom stereocenters. The lowest BCUT2D eigenvalue weighted by atomic mass is 9.45. The number of likely N-dealkylation sites (tertiary alicyclic amines) is 1. The van der Waals surface area contributed by atoms with E-state index in [1.54, 1.807) is 0 Å². The second-order valence-corrected chi connectivity index (χ2v) is 7.68. The lowest BCUT2D eigenvalue weighted by molar-refractivity contribution is -0.892. The van der Waals surface area contributed by atoms with Gasteiger partial charge < -0.3 is 15.2 Å². The van der Waals surface area contributed by atoms with Gasteiger partial charge in [-0.05, 0) is 11.6 Å². The van der Waals surface area contributed by atoms with Crippen LogP contribution in [0.3, 0.4) is 0 Å². The Morgan fingerprint density at radius 2 is 1.75 bits per heavy atom. The molecular weight excluding hydrogens is 300 g/mol. The van der Waals surface area contributed by atoms with Gasteiger partial charge in [-0.15, -0.1) is 0 Å². The molecule has 124 valence electrons. The predicted octanol–water partition coefficient (Wildman–Crippen LogP) is -1.44. The maximum atomic E-state index is 10.0. The molecule has 0 aromatic rings. The molecule has 24 heavy (non-hydrogen) atoms. The topological polar surface area (TPSA) is 104 Å². The SMILES string of the molecule is C[NH+]1CCC2(CC1)[C@H]1C[NH+](C)CC=C1[C@H](C#N)C(=N)C2(C#N)C#N. The zero-order valence-corrected chi connectivity index (χ0v) is 14.3. The van der Waals surface area contributed by atoms with E-state index in [9.17, 15) is 15.8 Å². The standard InChI is InChI=1S/C18H22N6/c1-23-7-4-17(5-8-23)15-10-24(2)6-3-13(15)14(9-19)16(22)18(17,11-20)12-21/h3,14-15,22H,4-8,10H2,1-2H3/p+2/t14-,15-/m0/s1. The third-order valence-corrected chi connectivity index (χ3v) is 6.54. The lowest BCUT2D eigenvalue weighted by Gasteiger charge is -2.56. The van der Waals surface area contributed by atoms with Gasteiger partial charge in [0.05, 0.1) is 64.2 Å². The second kappa shape index (κ2) is 5.71. The highest BCUT2D eigenvalue weighted by atomic mass is 15.1. The first kappa shape index (κ1) is 16.7. The van der Waals surface area contributed by atoms with Crippen molar-refractivity contribution in [1.29, 1.82) is 21.2 Å². The van der Waals surface area contributed by atoms with Crippen LogP contribution in [0.25, 0.3) is 0 Å². The van der Waals surface area contributed by atoms with E-state index in [2.05, 4.69) is 38.4 Å². The number of hydrogen-bond donors (Lipinski definition) is 3. The molecule has 3 N–H and O–H groups in total. The molecule has 2 aliphatic heterocycles. The van der Waals surface area contributed by atoms with Crippen molar-refractivity contribution in [3.8, 4) is 18.2 Å². The van der Waals surface area contributed by atoms with Gasteiger partial charge in [-0.2, -0.15) is 15.8 Å². The molecule has 2 heterocycles. The Hall–Kier alpha value is -2.20. The molecule has 1 spiro atoms. The summed E-state index contributed by atoms with van der Waals surface area (Å²) in [5.41, 5.74) is -1.01.